The largest absolute Gasteiger partial charge is 0.381 e. The van der Waals surface area contributed by atoms with Crippen LogP contribution in [0.3, 0.4) is 0 Å². The minimum atomic E-state index is 0.0259. The van der Waals surface area contributed by atoms with Crippen LogP contribution in [0.5, 0.6) is 0 Å². The van der Waals surface area contributed by atoms with E-state index in [1.54, 1.807) is 13.3 Å². The van der Waals surface area contributed by atoms with E-state index >= 15 is 0 Å². The van der Waals surface area contributed by atoms with Crippen LogP contribution in [0.4, 0.5) is 5.95 Å². The minimum absolute atomic E-state index is 0.0259. The highest BCUT2D eigenvalue weighted by Gasteiger charge is 2.37. The summed E-state index contributed by atoms with van der Waals surface area (Å²) in [5, 5.41) is 7.45. The molecule has 29 heavy (non-hydrogen) atoms. The fourth-order valence-corrected chi connectivity index (χ4v) is 4.58. The number of aromatic amines is 1. The molecular formula is C21H30N6O2. The lowest BCUT2D eigenvalue weighted by Crippen LogP contribution is -2.38. The number of nitrogens with zero attached hydrogens (tertiary/aromatic N) is 5. The highest BCUT2D eigenvalue weighted by molar-refractivity contribution is 5.80. The molecule has 2 aliphatic rings. The lowest BCUT2D eigenvalue weighted by atomic mass is 9.86. The van der Waals surface area contributed by atoms with E-state index in [0.717, 1.165) is 62.0 Å². The molecule has 2 aromatic rings. The second-order valence-electron chi connectivity index (χ2n) is 8.23. The summed E-state index contributed by atoms with van der Waals surface area (Å²) < 4.78 is 5.46. The van der Waals surface area contributed by atoms with Crippen LogP contribution in [-0.4, -0.2) is 64.8 Å². The van der Waals surface area contributed by atoms with Crippen molar-refractivity contribution in [2.45, 2.75) is 50.7 Å². The second kappa shape index (κ2) is 8.49. The molecule has 8 heteroatoms. The smallest absolute Gasteiger partial charge is 0.226 e. The molecule has 1 saturated carbocycles. The number of nitrogens with one attached hydrogen (secondary N) is 1. The molecule has 2 aromatic heterocycles. The predicted octanol–water partition coefficient (Wildman–Crippen LogP) is 2.80. The van der Waals surface area contributed by atoms with Gasteiger partial charge in [0.25, 0.3) is 0 Å². The van der Waals surface area contributed by atoms with Crippen LogP contribution < -0.4 is 4.90 Å². The summed E-state index contributed by atoms with van der Waals surface area (Å²) in [4.78, 5) is 26.2. The van der Waals surface area contributed by atoms with Crippen molar-refractivity contribution in [2.75, 3.05) is 32.6 Å². The maximum atomic E-state index is 13.3. The van der Waals surface area contributed by atoms with Crippen molar-refractivity contribution < 1.29 is 9.53 Å². The Morgan fingerprint density at radius 1 is 1.24 bits per heavy atom. The normalized spacial score (nSPS) is 24.7. The van der Waals surface area contributed by atoms with Crippen molar-refractivity contribution >= 4 is 11.9 Å². The Hall–Kier alpha value is -2.48. The average Bonchev–Trinajstić information content (AvgIpc) is 3.42. The van der Waals surface area contributed by atoms with Gasteiger partial charge in [-0.15, -0.1) is 0 Å². The fourth-order valence-electron chi connectivity index (χ4n) is 4.58. The highest BCUT2D eigenvalue weighted by Crippen LogP contribution is 2.38. The molecule has 1 atom stereocenters. The number of H-pyrrole nitrogens is 1. The molecule has 0 bridgehead atoms. The first-order valence-electron chi connectivity index (χ1n) is 10.5. The summed E-state index contributed by atoms with van der Waals surface area (Å²) in [5.41, 5.74) is 2.75. The zero-order valence-electron chi connectivity index (χ0n) is 17.5. The molecule has 0 unspecified atom stereocenters. The third kappa shape index (κ3) is 3.99. The molecule has 1 amide bonds. The molecule has 4 rings (SSSR count). The summed E-state index contributed by atoms with van der Waals surface area (Å²) in [6, 6.07) is 1.92. The van der Waals surface area contributed by atoms with E-state index in [9.17, 15) is 4.79 Å². The van der Waals surface area contributed by atoms with E-state index in [4.69, 9.17) is 4.74 Å². The van der Waals surface area contributed by atoms with E-state index in [1.807, 2.05) is 31.3 Å². The number of carbonyl (C=O) groups is 1. The van der Waals surface area contributed by atoms with Crippen molar-refractivity contribution in [3.8, 4) is 11.3 Å². The SMILES string of the molecule is COC1CCC(C(=O)N2CCC[C@H]2c2[nH]ncc2-c2ccnc(N(C)C)n2)CC1. The monoisotopic (exact) mass is 398 g/mol. The van der Waals surface area contributed by atoms with E-state index in [1.165, 1.54) is 0 Å². The third-order valence-electron chi connectivity index (χ3n) is 6.21. The van der Waals surface area contributed by atoms with E-state index in [2.05, 4.69) is 25.1 Å². The summed E-state index contributed by atoms with van der Waals surface area (Å²) in [5.74, 6) is 1.04. The number of anilines is 1. The number of likely N-dealkylation sites (tertiary alicyclic amines) is 1. The third-order valence-corrected chi connectivity index (χ3v) is 6.21. The Bertz CT molecular complexity index is 843. The molecule has 8 nitrogen and oxygen atoms in total. The summed E-state index contributed by atoms with van der Waals surface area (Å²) in [6.45, 7) is 0.804. The van der Waals surface area contributed by atoms with Crippen molar-refractivity contribution in [3.05, 3.63) is 24.2 Å². The van der Waals surface area contributed by atoms with Crippen LogP contribution in [-0.2, 0) is 9.53 Å². The predicted molar refractivity (Wildman–Crippen MR) is 110 cm³/mol. The van der Waals surface area contributed by atoms with Crippen LogP contribution in [0, 0.1) is 5.92 Å². The number of amides is 1. The first kappa shape index (κ1) is 19.8. The number of rotatable bonds is 5. The molecular weight excluding hydrogens is 368 g/mol. The average molecular weight is 399 g/mol. The van der Waals surface area contributed by atoms with Crippen LogP contribution in [0.25, 0.3) is 11.3 Å². The molecule has 1 N–H and O–H groups in total. The topological polar surface area (TPSA) is 87.2 Å². The quantitative estimate of drug-likeness (QED) is 0.833. The Kier molecular flexibility index (Phi) is 5.80. The van der Waals surface area contributed by atoms with Gasteiger partial charge in [0.15, 0.2) is 0 Å². The van der Waals surface area contributed by atoms with Gasteiger partial charge in [0.2, 0.25) is 11.9 Å². The van der Waals surface area contributed by atoms with Gasteiger partial charge >= 0.3 is 0 Å². The lowest BCUT2D eigenvalue weighted by Gasteiger charge is -2.32. The number of ether oxygens (including phenoxy) is 1. The van der Waals surface area contributed by atoms with Gasteiger partial charge in [-0.1, -0.05) is 0 Å². The Labute approximate surface area is 171 Å². The maximum absolute atomic E-state index is 13.3. The van der Waals surface area contributed by atoms with Crippen LogP contribution in [0.1, 0.15) is 50.3 Å². The number of hydrogen-bond acceptors (Lipinski definition) is 6. The van der Waals surface area contributed by atoms with Gasteiger partial charge in [-0.2, -0.15) is 5.10 Å². The molecule has 1 aliphatic carbocycles. The summed E-state index contributed by atoms with van der Waals surface area (Å²) in [7, 11) is 5.61. The highest BCUT2D eigenvalue weighted by atomic mass is 16.5. The van der Waals surface area contributed by atoms with Crippen LogP contribution in [0.2, 0.25) is 0 Å². The molecule has 1 saturated heterocycles. The van der Waals surface area contributed by atoms with Gasteiger partial charge in [-0.3, -0.25) is 9.89 Å². The molecule has 1 aliphatic heterocycles. The van der Waals surface area contributed by atoms with E-state index in [-0.39, 0.29) is 17.9 Å². The Balaban J connectivity index is 1.55. The minimum Gasteiger partial charge on any atom is -0.381 e. The number of carbonyl (C=O) groups excluding carboxylic acids is 1. The van der Waals surface area contributed by atoms with E-state index < -0.39 is 0 Å². The van der Waals surface area contributed by atoms with Crippen molar-refractivity contribution in [2.24, 2.45) is 5.92 Å². The van der Waals surface area contributed by atoms with Crippen LogP contribution in [0.15, 0.2) is 18.5 Å². The van der Waals surface area contributed by atoms with Gasteiger partial charge in [-0.25, -0.2) is 9.97 Å². The van der Waals surface area contributed by atoms with Gasteiger partial charge in [0.05, 0.1) is 29.7 Å². The second-order valence-corrected chi connectivity index (χ2v) is 8.23. The van der Waals surface area contributed by atoms with Gasteiger partial charge < -0.3 is 14.5 Å². The fraction of sp³-hybridized carbons (Fsp3) is 0.619. The zero-order valence-corrected chi connectivity index (χ0v) is 17.5. The molecule has 3 heterocycles. The maximum Gasteiger partial charge on any atom is 0.226 e. The first-order valence-corrected chi connectivity index (χ1v) is 10.5. The molecule has 0 aromatic carbocycles. The first-order chi connectivity index (χ1) is 14.1. The number of methoxy groups -OCH3 is 1. The molecule has 156 valence electrons. The summed E-state index contributed by atoms with van der Waals surface area (Å²) >= 11 is 0. The summed E-state index contributed by atoms with van der Waals surface area (Å²) in [6.07, 6.45) is 9.58. The van der Waals surface area contributed by atoms with Gasteiger partial charge in [-0.05, 0) is 44.6 Å². The lowest BCUT2D eigenvalue weighted by molar-refractivity contribution is -0.138. The molecule has 0 radical (unpaired) electrons. The molecule has 2 fully saturated rings. The van der Waals surface area contributed by atoms with Crippen molar-refractivity contribution in [1.29, 1.82) is 0 Å². The molecule has 0 spiro atoms. The van der Waals surface area contributed by atoms with Gasteiger partial charge in [0, 0.05) is 45.4 Å². The zero-order chi connectivity index (χ0) is 20.4. The Morgan fingerprint density at radius 3 is 2.76 bits per heavy atom. The number of hydrogen-bond donors (Lipinski definition) is 1. The number of aromatic nitrogens is 4. The van der Waals surface area contributed by atoms with E-state index in [0.29, 0.717) is 12.1 Å². The van der Waals surface area contributed by atoms with Crippen LogP contribution >= 0.6 is 0 Å². The van der Waals surface area contributed by atoms with Crippen molar-refractivity contribution in [3.63, 3.8) is 0 Å². The van der Waals surface area contributed by atoms with Crippen molar-refractivity contribution in [1.82, 2.24) is 25.1 Å². The standard InChI is InChI=1S/C21H30N6O2/c1-26(2)21-22-11-10-17(24-21)16-13-23-25-19(16)18-5-4-12-27(18)20(28)14-6-8-15(29-3)9-7-14/h10-11,13-15,18H,4-9,12H2,1-3H3,(H,23,25)/t14?,15?,18-/m0/s1. The Morgan fingerprint density at radius 2 is 2.03 bits per heavy atom. The van der Waals surface area contributed by atoms with Gasteiger partial charge in [0.1, 0.15) is 0 Å².